The normalized spacial score (nSPS) is 11.9. The molecule has 0 saturated heterocycles. The van der Waals surface area contributed by atoms with Crippen LogP contribution in [0.15, 0.2) is 36.4 Å². The SMILES string of the molecule is Cc1cc(O[C@@H](C)C(=O)NCCSCc2ccccc2F)cc(C)c1Cl. The number of hydrogen-bond acceptors (Lipinski definition) is 3. The van der Waals surface area contributed by atoms with Gasteiger partial charge in [-0.3, -0.25) is 4.79 Å². The van der Waals surface area contributed by atoms with Crippen LogP contribution < -0.4 is 10.1 Å². The largest absolute Gasteiger partial charge is 0.481 e. The first-order chi connectivity index (χ1) is 12.4. The summed E-state index contributed by atoms with van der Waals surface area (Å²) in [6.07, 6.45) is -0.605. The van der Waals surface area contributed by atoms with Gasteiger partial charge in [-0.1, -0.05) is 29.8 Å². The van der Waals surface area contributed by atoms with Crippen molar-refractivity contribution in [1.29, 1.82) is 0 Å². The lowest BCUT2D eigenvalue weighted by atomic mass is 10.1. The second-order valence-electron chi connectivity index (χ2n) is 6.07. The number of nitrogens with one attached hydrogen (secondary N) is 1. The van der Waals surface area contributed by atoms with E-state index >= 15 is 0 Å². The first kappa shape index (κ1) is 20.6. The van der Waals surface area contributed by atoms with Crippen molar-refractivity contribution in [1.82, 2.24) is 5.32 Å². The van der Waals surface area contributed by atoms with E-state index < -0.39 is 6.10 Å². The Bertz CT molecular complexity index is 746. The Balaban J connectivity index is 1.73. The topological polar surface area (TPSA) is 38.3 Å². The fourth-order valence-electron chi connectivity index (χ4n) is 2.42. The highest BCUT2D eigenvalue weighted by Crippen LogP contribution is 2.26. The van der Waals surface area contributed by atoms with Crippen molar-refractivity contribution in [2.24, 2.45) is 0 Å². The summed E-state index contributed by atoms with van der Waals surface area (Å²) in [6, 6.07) is 10.4. The summed E-state index contributed by atoms with van der Waals surface area (Å²) in [5.41, 5.74) is 2.51. The highest BCUT2D eigenvalue weighted by atomic mass is 35.5. The molecule has 6 heteroatoms. The van der Waals surface area contributed by atoms with E-state index in [2.05, 4.69) is 5.32 Å². The van der Waals surface area contributed by atoms with Gasteiger partial charge in [0, 0.05) is 23.1 Å². The molecule has 2 aromatic rings. The number of aryl methyl sites for hydroxylation is 2. The molecule has 26 heavy (non-hydrogen) atoms. The van der Waals surface area contributed by atoms with E-state index in [-0.39, 0.29) is 11.7 Å². The first-order valence-electron chi connectivity index (χ1n) is 8.40. The third kappa shape index (κ3) is 5.92. The van der Waals surface area contributed by atoms with Crippen LogP contribution in [0.3, 0.4) is 0 Å². The lowest BCUT2D eigenvalue weighted by Crippen LogP contribution is -2.37. The van der Waals surface area contributed by atoms with Crippen LogP contribution in [0.1, 0.15) is 23.6 Å². The molecule has 0 aliphatic carbocycles. The molecule has 0 heterocycles. The predicted molar refractivity (Wildman–Crippen MR) is 107 cm³/mol. The third-order valence-corrected chi connectivity index (χ3v) is 5.46. The van der Waals surface area contributed by atoms with Crippen LogP contribution in [-0.4, -0.2) is 24.3 Å². The molecule has 1 amide bonds. The Morgan fingerprint density at radius 3 is 2.58 bits per heavy atom. The van der Waals surface area contributed by atoms with Crippen molar-refractivity contribution in [2.75, 3.05) is 12.3 Å². The van der Waals surface area contributed by atoms with E-state index in [0.717, 1.165) is 11.1 Å². The Labute approximate surface area is 163 Å². The number of hydrogen-bond donors (Lipinski definition) is 1. The van der Waals surface area contributed by atoms with Crippen molar-refractivity contribution in [3.05, 3.63) is 63.9 Å². The fourth-order valence-corrected chi connectivity index (χ4v) is 3.37. The van der Waals surface area contributed by atoms with Crippen LogP contribution in [0, 0.1) is 19.7 Å². The van der Waals surface area contributed by atoms with Crippen molar-refractivity contribution in [3.63, 3.8) is 0 Å². The molecular weight excluding hydrogens is 373 g/mol. The van der Waals surface area contributed by atoms with Gasteiger partial charge in [0.05, 0.1) is 0 Å². The van der Waals surface area contributed by atoms with Crippen molar-refractivity contribution >= 4 is 29.3 Å². The molecule has 0 aromatic heterocycles. The molecule has 1 N–H and O–H groups in total. The molecule has 0 aliphatic heterocycles. The number of benzene rings is 2. The summed E-state index contributed by atoms with van der Waals surface area (Å²) in [6.45, 7) is 6.02. The van der Waals surface area contributed by atoms with Crippen LogP contribution >= 0.6 is 23.4 Å². The van der Waals surface area contributed by atoms with Crippen LogP contribution in [0.25, 0.3) is 0 Å². The molecule has 0 radical (unpaired) electrons. The number of carbonyl (C=O) groups excluding carboxylic acids is 1. The first-order valence-corrected chi connectivity index (χ1v) is 9.94. The molecule has 1 atom stereocenters. The predicted octanol–water partition coefficient (Wildman–Crippen LogP) is 4.91. The number of thioether (sulfide) groups is 1. The molecule has 0 saturated carbocycles. The number of amides is 1. The molecule has 0 bridgehead atoms. The second kappa shape index (κ2) is 9.83. The molecule has 3 nitrogen and oxygen atoms in total. The van der Waals surface area contributed by atoms with Gasteiger partial charge in [-0.15, -0.1) is 0 Å². The zero-order valence-electron chi connectivity index (χ0n) is 15.1. The lowest BCUT2D eigenvalue weighted by molar-refractivity contribution is -0.127. The van der Waals surface area contributed by atoms with E-state index in [1.54, 1.807) is 30.8 Å². The van der Waals surface area contributed by atoms with E-state index in [0.29, 0.717) is 34.4 Å². The van der Waals surface area contributed by atoms with E-state index in [4.69, 9.17) is 16.3 Å². The summed E-state index contributed by atoms with van der Waals surface area (Å²) in [5, 5.41) is 3.55. The van der Waals surface area contributed by atoms with Crippen molar-refractivity contribution < 1.29 is 13.9 Å². The minimum absolute atomic E-state index is 0.179. The van der Waals surface area contributed by atoms with Gasteiger partial charge in [0.2, 0.25) is 0 Å². The Kier molecular flexibility index (Phi) is 7.79. The Morgan fingerprint density at radius 1 is 1.27 bits per heavy atom. The maximum absolute atomic E-state index is 13.5. The fraction of sp³-hybridized carbons (Fsp3) is 0.350. The van der Waals surface area contributed by atoms with E-state index in [1.807, 2.05) is 32.0 Å². The molecule has 2 aromatic carbocycles. The van der Waals surface area contributed by atoms with Gasteiger partial charge in [-0.25, -0.2) is 4.39 Å². The van der Waals surface area contributed by atoms with Gasteiger partial charge < -0.3 is 10.1 Å². The summed E-state index contributed by atoms with van der Waals surface area (Å²) >= 11 is 7.71. The highest BCUT2D eigenvalue weighted by Gasteiger charge is 2.15. The summed E-state index contributed by atoms with van der Waals surface area (Å²) < 4.78 is 19.2. The van der Waals surface area contributed by atoms with E-state index in [1.165, 1.54) is 6.07 Å². The Hall–Kier alpha value is -1.72. The van der Waals surface area contributed by atoms with Crippen LogP contribution in [-0.2, 0) is 10.5 Å². The standard InChI is InChI=1S/C20H23ClFNO2S/c1-13-10-17(11-14(2)19(13)21)25-15(3)20(24)23-8-9-26-12-16-6-4-5-7-18(16)22/h4-7,10-11,15H,8-9,12H2,1-3H3,(H,23,24)/t15-/m0/s1. The minimum atomic E-state index is -0.605. The molecule has 0 fully saturated rings. The monoisotopic (exact) mass is 395 g/mol. The summed E-state index contributed by atoms with van der Waals surface area (Å²) in [4.78, 5) is 12.1. The van der Waals surface area contributed by atoms with Crippen LogP contribution in [0.4, 0.5) is 4.39 Å². The minimum Gasteiger partial charge on any atom is -0.481 e. The quantitative estimate of drug-likeness (QED) is 0.645. The van der Waals surface area contributed by atoms with Gasteiger partial charge >= 0.3 is 0 Å². The molecule has 0 aliphatic rings. The smallest absolute Gasteiger partial charge is 0.260 e. The molecule has 2 rings (SSSR count). The zero-order chi connectivity index (χ0) is 19.1. The van der Waals surface area contributed by atoms with Gasteiger partial charge in [-0.2, -0.15) is 11.8 Å². The second-order valence-corrected chi connectivity index (χ2v) is 7.55. The van der Waals surface area contributed by atoms with Gasteiger partial charge in [-0.05, 0) is 55.7 Å². The average Bonchev–Trinajstić information content (AvgIpc) is 2.60. The average molecular weight is 396 g/mol. The van der Waals surface area contributed by atoms with Crippen LogP contribution in [0.5, 0.6) is 5.75 Å². The highest BCUT2D eigenvalue weighted by molar-refractivity contribution is 7.98. The number of rotatable bonds is 8. The summed E-state index contributed by atoms with van der Waals surface area (Å²) in [5.74, 6) is 1.53. The number of ether oxygens (including phenoxy) is 1. The molecule has 140 valence electrons. The molecule has 0 spiro atoms. The third-order valence-electron chi connectivity index (χ3n) is 3.85. The summed E-state index contributed by atoms with van der Waals surface area (Å²) in [7, 11) is 0. The molecule has 0 unspecified atom stereocenters. The van der Waals surface area contributed by atoms with Gasteiger partial charge in [0.25, 0.3) is 5.91 Å². The maximum atomic E-state index is 13.5. The van der Waals surface area contributed by atoms with E-state index in [9.17, 15) is 9.18 Å². The Morgan fingerprint density at radius 2 is 1.92 bits per heavy atom. The number of halogens is 2. The van der Waals surface area contributed by atoms with Gasteiger partial charge in [0.15, 0.2) is 6.10 Å². The lowest BCUT2D eigenvalue weighted by Gasteiger charge is -2.16. The molecular formula is C20H23ClFNO2S. The van der Waals surface area contributed by atoms with Crippen molar-refractivity contribution in [3.8, 4) is 5.75 Å². The number of carbonyl (C=O) groups is 1. The van der Waals surface area contributed by atoms with Crippen LogP contribution in [0.2, 0.25) is 5.02 Å². The zero-order valence-corrected chi connectivity index (χ0v) is 16.7. The van der Waals surface area contributed by atoms with Gasteiger partial charge in [0.1, 0.15) is 11.6 Å². The maximum Gasteiger partial charge on any atom is 0.260 e. The van der Waals surface area contributed by atoms with Crippen molar-refractivity contribution in [2.45, 2.75) is 32.6 Å².